The molecule has 1 aromatic heterocycles. The number of halogens is 1. The van der Waals surface area contributed by atoms with Gasteiger partial charge in [0.1, 0.15) is 12.1 Å². The quantitative estimate of drug-likeness (QED) is 0.519. The minimum absolute atomic E-state index is 0. The monoisotopic (exact) mass is 371 g/mol. The number of aryl methyl sites for hydroxylation is 1. The minimum atomic E-state index is 0. The molecule has 7 heteroatoms. The van der Waals surface area contributed by atoms with E-state index in [4.69, 9.17) is 11.6 Å². The van der Waals surface area contributed by atoms with Crippen molar-refractivity contribution in [3.8, 4) is 0 Å². The summed E-state index contributed by atoms with van der Waals surface area (Å²) in [6, 6.07) is 13.3. The predicted octanol–water partition coefficient (Wildman–Crippen LogP) is 3.62. The number of hydrogen-bond donors (Lipinski definition) is 0. The van der Waals surface area contributed by atoms with Gasteiger partial charge in [-0.2, -0.15) is 0 Å². The zero-order chi connectivity index (χ0) is 14.1. The van der Waals surface area contributed by atoms with Crippen molar-refractivity contribution in [1.82, 2.24) is 9.55 Å². The number of aromatic nitrogens is 2. The first-order valence-corrected chi connectivity index (χ1v) is 6.72. The summed E-state index contributed by atoms with van der Waals surface area (Å²) in [4.78, 5) is 15.4. The topological polar surface area (TPSA) is 91.9 Å². The summed E-state index contributed by atoms with van der Waals surface area (Å²) < 4.78 is 2.07. The molecule has 0 saturated carbocycles. The van der Waals surface area contributed by atoms with E-state index >= 15 is 0 Å². The number of nitrogens with zero attached hydrogens (tertiary/aromatic N) is 2. The van der Waals surface area contributed by atoms with Gasteiger partial charge in [0.2, 0.25) is 0 Å². The van der Waals surface area contributed by atoms with Crippen molar-refractivity contribution in [2.24, 2.45) is 0 Å². The molecule has 0 atom stereocenters. The Labute approximate surface area is 149 Å². The van der Waals surface area contributed by atoms with E-state index in [1.807, 2.05) is 43.3 Å². The number of carbonyl (C=O) groups excluding carboxylic acids is 1. The van der Waals surface area contributed by atoms with Gasteiger partial charge in [-0.3, -0.25) is 4.79 Å². The van der Waals surface area contributed by atoms with Crippen LogP contribution in [0, 0.1) is 6.92 Å². The summed E-state index contributed by atoms with van der Waals surface area (Å²) in [5.74, 6) is 0.906. The largest absolute Gasteiger partial charge is 2.00 e. The maximum atomic E-state index is 10.9. The molecule has 1 heterocycles. The average molecular weight is 372 g/mol. The standard InChI is InChI=1S/C16H13ClN2O.Mn.2O/c1-11-18-15-7-6-12(10-20)8-16(15)19(11)9-13-4-2-3-5-14(13)17;;;/h2-8,10H,9H2,1H3;;;/q;;2*-2. The summed E-state index contributed by atoms with van der Waals surface area (Å²) in [5, 5.41) is 0.736. The number of fused-ring (bicyclic) bond motifs is 1. The molecule has 0 aliphatic rings. The number of imidazole rings is 1. The molecule has 0 bridgehead atoms. The third-order valence-electron chi connectivity index (χ3n) is 3.39. The van der Waals surface area contributed by atoms with Crippen LogP contribution in [0.2, 0.25) is 5.02 Å². The molecule has 0 saturated heterocycles. The van der Waals surface area contributed by atoms with Gasteiger partial charge in [0, 0.05) is 27.7 Å². The number of carbonyl (C=O) groups is 1. The van der Waals surface area contributed by atoms with Crippen LogP contribution in [-0.4, -0.2) is 15.8 Å². The number of hydrogen-bond acceptors (Lipinski definition) is 2. The van der Waals surface area contributed by atoms with Gasteiger partial charge in [0.25, 0.3) is 0 Å². The molecule has 0 unspecified atom stereocenters. The maximum Gasteiger partial charge on any atom is 0.150 e. The molecule has 0 fully saturated rings. The van der Waals surface area contributed by atoms with Gasteiger partial charge in [-0.1, -0.05) is 29.8 Å². The minimum Gasteiger partial charge on any atom is -2.00 e. The Hall–Kier alpha value is -1.69. The van der Waals surface area contributed by atoms with Crippen LogP contribution in [0.4, 0.5) is 0 Å². The second-order valence-corrected chi connectivity index (χ2v) is 5.11. The van der Waals surface area contributed by atoms with E-state index in [0.29, 0.717) is 12.1 Å². The third kappa shape index (κ3) is 4.19. The van der Waals surface area contributed by atoms with Gasteiger partial charge in [0.05, 0.1) is 17.6 Å². The molecular weight excluding hydrogens is 359 g/mol. The van der Waals surface area contributed by atoms with Crippen LogP contribution in [0.5, 0.6) is 0 Å². The molecule has 0 amide bonds. The zero-order valence-electron chi connectivity index (χ0n) is 12.2. The second kappa shape index (κ2) is 8.82. The Morgan fingerprint density at radius 3 is 2.52 bits per heavy atom. The molecule has 0 N–H and O–H groups in total. The molecule has 0 aliphatic carbocycles. The summed E-state index contributed by atoms with van der Waals surface area (Å²) >= 11 is 6.21. The van der Waals surface area contributed by atoms with E-state index in [1.54, 1.807) is 6.07 Å². The fraction of sp³-hybridized carbons (Fsp3) is 0.125. The van der Waals surface area contributed by atoms with Crippen molar-refractivity contribution < 1.29 is 32.8 Å². The van der Waals surface area contributed by atoms with E-state index in [0.717, 1.165) is 33.7 Å². The molecule has 23 heavy (non-hydrogen) atoms. The van der Waals surface area contributed by atoms with Crippen molar-refractivity contribution in [3.63, 3.8) is 0 Å². The van der Waals surface area contributed by atoms with Gasteiger partial charge >= 0.3 is 0 Å². The van der Waals surface area contributed by atoms with Crippen LogP contribution < -0.4 is 0 Å². The Bertz CT molecular complexity index is 805. The summed E-state index contributed by atoms with van der Waals surface area (Å²) in [7, 11) is 0. The van der Waals surface area contributed by atoms with Crippen molar-refractivity contribution in [2.75, 3.05) is 0 Å². The first-order chi connectivity index (χ1) is 9.69. The SMILES string of the molecule is Cc1nc2ccc(C=O)cc2n1Cc1ccccc1Cl.[Mn].[O-2].[O-2]. The first kappa shape index (κ1) is 21.3. The molecule has 123 valence electrons. The molecule has 3 rings (SSSR count). The Morgan fingerprint density at radius 2 is 1.87 bits per heavy atom. The van der Waals surface area contributed by atoms with Crippen LogP contribution in [0.1, 0.15) is 21.7 Å². The Balaban J connectivity index is 0.00000161. The van der Waals surface area contributed by atoms with Crippen molar-refractivity contribution >= 4 is 28.9 Å². The molecule has 0 aliphatic heterocycles. The van der Waals surface area contributed by atoms with Gasteiger partial charge in [-0.05, 0) is 36.8 Å². The fourth-order valence-corrected chi connectivity index (χ4v) is 2.53. The van der Waals surface area contributed by atoms with E-state index in [2.05, 4.69) is 9.55 Å². The fourth-order valence-electron chi connectivity index (χ4n) is 2.33. The van der Waals surface area contributed by atoms with Gasteiger partial charge in [0.15, 0.2) is 0 Å². The van der Waals surface area contributed by atoms with Gasteiger partial charge < -0.3 is 15.5 Å². The molecule has 1 radical (unpaired) electrons. The van der Waals surface area contributed by atoms with E-state index in [-0.39, 0.29) is 28.0 Å². The maximum absolute atomic E-state index is 10.9. The van der Waals surface area contributed by atoms with Crippen molar-refractivity contribution in [1.29, 1.82) is 0 Å². The summed E-state index contributed by atoms with van der Waals surface area (Å²) in [5.41, 5.74) is 3.53. The van der Waals surface area contributed by atoms with E-state index in [9.17, 15) is 4.79 Å². The van der Waals surface area contributed by atoms with Crippen LogP contribution in [0.15, 0.2) is 42.5 Å². The summed E-state index contributed by atoms with van der Waals surface area (Å²) in [6.45, 7) is 2.60. The number of rotatable bonds is 3. The molecule has 0 spiro atoms. The van der Waals surface area contributed by atoms with Crippen LogP contribution >= 0.6 is 11.6 Å². The Morgan fingerprint density at radius 1 is 1.17 bits per heavy atom. The van der Waals surface area contributed by atoms with Crippen LogP contribution in [-0.2, 0) is 34.6 Å². The molecule has 3 aromatic rings. The van der Waals surface area contributed by atoms with E-state index in [1.165, 1.54) is 0 Å². The van der Waals surface area contributed by atoms with Gasteiger partial charge in [-0.15, -0.1) is 0 Å². The Kier molecular flexibility index (Phi) is 8.17. The normalized spacial score (nSPS) is 9.48. The van der Waals surface area contributed by atoms with E-state index < -0.39 is 0 Å². The first-order valence-electron chi connectivity index (χ1n) is 6.34. The van der Waals surface area contributed by atoms with Gasteiger partial charge in [-0.25, -0.2) is 4.98 Å². The average Bonchev–Trinajstić information content (AvgIpc) is 2.77. The zero-order valence-corrected chi connectivity index (χ0v) is 14.1. The van der Waals surface area contributed by atoms with Crippen LogP contribution in [0.25, 0.3) is 11.0 Å². The number of benzene rings is 2. The number of aldehydes is 1. The predicted molar refractivity (Wildman–Crippen MR) is 81.8 cm³/mol. The summed E-state index contributed by atoms with van der Waals surface area (Å²) in [6.07, 6.45) is 0.849. The molecule has 2 aromatic carbocycles. The molecular formula is C16H13ClMnN2O3-4. The third-order valence-corrected chi connectivity index (χ3v) is 3.75. The van der Waals surface area contributed by atoms with Crippen molar-refractivity contribution in [2.45, 2.75) is 13.5 Å². The molecule has 5 nitrogen and oxygen atoms in total. The second-order valence-electron chi connectivity index (χ2n) is 4.70. The van der Waals surface area contributed by atoms with Crippen LogP contribution in [0.3, 0.4) is 0 Å². The van der Waals surface area contributed by atoms with Crippen molar-refractivity contribution in [3.05, 3.63) is 64.4 Å². The smallest absolute Gasteiger partial charge is 0.150 e.